The number of alkyl halides is 1. The largest absolute Gasteiger partial charge is 0.309 e. The molecule has 1 saturated heterocycles. The molecule has 1 N–H and O–H groups in total. The van der Waals surface area contributed by atoms with Gasteiger partial charge in [0.25, 0.3) is 0 Å². The molecule has 0 radical (unpaired) electrons. The number of hydrogen-bond donors (Lipinski definition) is 1. The van der Waals surface area contributed by atoms with Crippen LogP contribution in [0.15, 0.2) is 0 Å². The highest BCUT2D eigenvalue weighted by molar-refractivity contribution is 4.98. The number of halogens is 1. The van der Waals surface area contributed by atoms with Gasteiger partial charge < -0.3 is 5.32 Å². The zero-order chi connectivity index (χ0) is 10.9. The van der Waals surface area contributed by atoms with Crippen LogP contribution in [0.25, 0.3) is 0 Å². The smallest absolute Gasteiger partial charge is 0.0906 e. The van der Waals surface area contributed by atoms with Crippen molar-refractivity contribution in [2.24, 2.45) is 5.92 Å². The van der Waals surface area contributed by atoms with Gasteiger partial charge in [-0.05, 0) is 39.0 Å². The van der Waals surface area contributed by atoms with Crippen LogP contribution >= 0.6 is 0 Å². The Kier molecular flexibility index (Phi) is 3.31. The van der Waals surface area contributed by atoms with Gasteiger partial charge in [0.2, 0.25) is 0 Å². The normalized spacial score (nSPS) is 31.8. The lowest BCUT2D eigenvalue weighted by atomic mass is 9.96. The molecule has 15 heavy (non-hydrogen) atoms. The van der Waals surface area contributed by atoms with Gasteiger partial charge in [0.15, 0.2) is 0 Å². The molecular formula is C12H23FN2. The third kappa shape index (κ3) is 2.91. The molecule has 0 aromatic rings. The summed E-state index contributed by atoms with van der Waals surface area (Å²) in [7, 11) is 0. The Hall–Kier alpha value is -0.150. The summed E-state index contributed by atoms with van der Waals surface area (Å²) in [6, 6.07) is 0.671. The van der Waals surface area contributed by atoms with Crippen molar-refractivity contribution in [2.45, 2.75) is 44.7 Å². The Morgan fingerprint density at radius 1 is 1.40 bits per heavy atom. The van der Waals surface area contributed by atoms with Gasteiger partial charge in [-0.3, -0.25) is 9.29 Å². The highest BCUT2D eigenvalue weighted by Gasteiger charge is 2.40. The number of piperazine rings is 1. The summed E-state index contributed by atoms with van der Waals surface area (Å²) in [5, 5.41) is 3.60. The first-order chi connectivity index (χ1) is 7.12. The molecule has 2 rings (SSSR count). The first-order valence-corrected chi connectivity index (χ1v) is 6.17. The maximum atomic E-state index is 12.2. The van der Waals surface area contributed by atoms with Gasteiger partial charge in [0.1, 0.15) is 0 Å². The van der Waals surface area contributed by atoms with Crippen molar-refractivity contribution in [1.82, 2.24) is 10.2 Å². The van der Waals surface area contributed by atoms with Gasteiger partial charge in [0.05, 0.1) is 6.67 Å². The van der Waals surface area contributed by atoms with Gasteiger partial charge in [-0.25, -0.2) is 0 Å². The van der Waals surface area contributed by atoms with Crippen molar-refractivity contribution in [3.63, 3.8) is 0 Å². The summed E-state index contributed by atoms with van der Waals surface area (Å²) in [6.07, 6.45) is 3.44. The highest BCUT2D eigenvalue weighted by Crippen LogP contribution is 2.37. The third-order valence-electron chi connectivity index (χ3n) is 3.60. The SMILES string of the molecule is CC1(C)CN(CCCF)C(C2CC2)CN1. The van der Waals surface area contributed by atoms with Crippen molar-refractivity contribution in [1.29, 1.82) is 0 Å². The van der Waals surface area contributed by atoms with Crippen LogP contribution in [0.3, 0.4) is 0 Å². The number of nitrogens with one attached hydrogen (secondary N) is 1. The fourth-order valence-electron chi connectivity index (χ4n) is 2.64. The molecule has 0 aromatic heterocycles. The van der Waals surface area contributed by atoms with E-state index in [-0.39, 0.29) is 12.2 Å². The second-order valence-corrected chi connectivity index (χ2v) is 5.68. The number of nitrogens with zero attached hydrogens (tertiary/aromatic N) is 1. The molecule has 1 aliphatic heterocycles. The lowest BCUT2D eigenvalue weighted by molar-refractivity contribution is 0.0798. The van der Waals surface area contributed by atoms with Crippen LogP contribution in [0.2, 0.25) is 0 Å². The molecule has 2 aliphatic rings. The van der Waals surface area contributed by atoms with Crippen LogP contribution in [0.4, 0.5) is 4.39 Å². The second-order valence-electron chi connectivity index (χ2n) is 5.68. The van der Waals surface area contributed by atoms with Gasteiger partial charge in [-0.1, -0.05) is 0 Å². The van der Waals surface area contributed by atoms with Gasteiger partial charge in [0, 0.05) is 31.2 Å². The molecule has 2 fully saturated rings. The lowest BCUT2D eigenvalue weighted by Crippen LogP contribution is -2.62. The van der Waals surface area contributed by atoms with E-state index in [9.17, 15) is 4.39 Å². The third-order valence-corrected chi connectivity index (χ3v) is 3.60. The maximum Gasteiger partial charge on any atom is 0.0906 e. The summed E-state index contributed by atoms with van der Waals surface area (Å²) < 4.78 is 12.2. The summed E-state index contributed by atoms with van der Waals surface area (Å²) in [6.45, 7) is 7.37. The molecule has 0 bridgehead atoms. The van der Waals surface area contributed by atoms with E-state index in [0.29, 0.717) is 12.5 Å². The van der Waals surface area contributed by atoms with Gasteiger partial charge >= 0.3 is 0 Å². The molecule has 1 unspecified atom stereocenters. The quantitative estimate of drug-likeness (QED) is 0.768. The minimum Gasteiger partial charge on any atom is -0.309 e. The molecule has 0 aromatic carbocycles. The zero-order valence-electron chi connectivity index (χ0n) is 9.93. The Morgan fingerprint density at radius 2 is 2.13 bits per heavy atom. The van der Waals surface area contributed by atoms with Crippen molar-refractivity contribution < 1.29 is 4.39 Å². The minimum absolute atomic E-state index is 0.179. The van der Waals surface area contributed by atoms with Crippen LogP contribution in [0.5, 0.6) is 0 Å². The van der Waals surface area contributed by atoms with E-state index >= 15 is 0 Å². The topological polar surface area (TPSA) is 15.3 Å². The molecule has 0 spiro atoms. The first-order valence-electron chi connectivity index (χ1n) is 6.17. The zero-order valence-corrected chi connectivity index (χ0v) is 9.93. The van der Waals surface area contributed by atoms with Gasteiger partial charge in [-0.2, -0.15) is 0 Å². The molecule has 1 aliphatic carbocycles. The standard InChI is InChI=1S/C12H23FN2/c1-12(2)9-15(7-3-6-13)11(8-14-12)10-4-5-10/h10-11,14H,3-9H2,1-2H3. The van der Waals surface area contributed by atoms with Crippen LogP contribution in [-0.2, 0) is 0 Å². The monoisotopic (exact) mass is 214 g/mol. The lowest BCUT2D eigenvalue weighted by Gasteiger charge is -2.45. The predicted molar refractivity (Wildman–Crippen MR) is 60.8 cm³/mol. The average molecular weight is 214 g/mol. The van der Waals surface area contributed by atoms with Crippen molar-refractivity contribution in [3.8, 4) is 0 Å². The second kappa shape index (κ2) is 4.38. The maximum absolute atomic E-state index is 12.2. The molecular weight excluding hydrogens is 191 g/mol. The Bertz CT molecular complexity index is 214. The van der Waals surface area contributed by atoms with Gasteiger partial charge in [-0.15, -0.1) is 0 Å². The molecule has 88 valence electrons. The highest BCUT2D eigenvalue weighted by atomic mass is 19.1. The first kappa shape index (κ1) is 11.3. The molecule has 3 heteroatoms. The fourth-order valence-corrected chi connectivity index (χ4v) is 2.64. The molecule has 0 amide bonds. The van der Waals surface area contributed by atoms with E-state index in [1.54, 1.807) is 0 Å². The Balaban J connectivity index is 1.92. The van der Waals surface area contributed by atoms with Crippen LogP contribution in [-0.4, -0.2) is 42.8 Å². The van der Waals surface area contributed by atoms with E-state index in [1.165, 1.54) is 12.8 Å². The molecule has 2 nitrogen and oxygen atoms in total. The van der Waals surface area contributed by atoms with E-state index in [2.05, 4.69) is 24.1 Å². The van der Waals surface area contributed by atoms with Crippen molar-refractivity contribution in [3.05, 3.63) is 0 Å². The van der Waals surface area contributed by atoms with Crippen LogP contribution < -0.4 is 5.32 Å². The predicted octanol–water partition coefficient (Wildman–Crippen LogP) is 1.81. The van der Waals surface area contributed by atoms with Crippen LogP contribution in [0.1, 0.15) is 33.1 Å². The summed E-state index contributed by atoms with van der Waals surface area (Å²) in [4.78, 5) is 2.51. The fraction of sp³-hybridized carbons (Fsp3) is 1.00. The number of rotatable bonds is 4. The summed E-state index contributed by atoms with van der Waals surface area (Å²) in [5.41, 5.74) is 0.196. The Labute approximate surface area is 92.2 Å². The minimum atomic E-state index is -0.179. The van der Waals surface area contributed by atoms with E-state index in [4.69, 9.17) is 0 Å². The number of hydrogen-bond acceptors (Lipinski definition) is 2. The van der Waals surface area contributed by atoms with Crippen molar-refractivity contribution >= 4 is 0 Å². The Morgan fingerprint density at radius 3 is 2.73 bits per heavy atom. The summed E-state index contributed by atoms with van der Waals surface area (Å²) in [5.74, 6) is 0.883. The van der Waals surface area contributed by atoms with E-state index in [1.807, 2.05) is 0 Å². The summed E-state index contributed by atoms with van der Waals surface area (Å²) >= 11 is 0. The van der Waals surface area contributed by atoms with E-state index in [0.717, 1.165) is 25.6 Å². The average Bonchev–Trinajstić information content (AvgIpc) is 2.97. The van der Waals surface area contributed by atoms with E-state index < -0.39 is 0 Å². The molecule has 1 heterocycles. The molecule has 1 saturated carbocycles. The molecule has 1 atom stereocenters. The van der Waals surface area contributed by atoms with Crippen molar-refractivity contribution in [2.75, 3.05) is 26.3 Å². The van der Waals surface area contributed by atoms with Crippen LogP contribution in [0, 0.1) is 5.92 Å².